The number of carbonyl (C=O) groups is 5. The summed E-state index contributed by atoms with van der Waals surface area (Å²) in [6.07, 6.45) is -8.66. The number of methoxy groups -OCH3 is 5. The van der Waals surface area contributed by atoms with Crippen LogP contribution in [0.15, 0.2) is 195 Å². The number of nitrogens with zero attached hydrogens (tertiary/aromatic N) is 19. The molecule has 5 saturated heterocycles. The van der Waals surface area contributed by atoms with Crippen molar-refractivity contribution in [2.24, 2.45) is 49.1 Å². The van der Waals surface area contributed by atoms with Crippen LogP contribution in [0.3, 0.4) is 0 Å². The van der Waals surface area contributed by atoms with Gasteiger partial charge in [-0.2, -0.15) is 10.5 Å². The number of carbonyl (C=O) groups excluding carboxylic acids is 5. The fourth-order valence-corrected chi connectivity index (χ4v) is 16.0. The monoisotopic (exact) mass is 1890 g/mol. The Hall–Kier alpha value is -13.7. The van der Waals surface area contributed by atoms with E-state index < -0.39 is 145 Å². The molecular weight excluding hydrogens is 1780 g/mol. The second-order valence-electron chi connectivity index (χ2n) is 32.3. The lowest BCUT2D eigenvalue weighted by atomic mass is 9.80. The highest BCUT2D eigenvalue weighted by atomic mass is 16.6. The Balaban J connectivity index is 0.000000179. The van der Waals surface area contributed by atoms with Crippen LogP contribution < -0.4 is 29.4 Å². The number of amides is 4. The Morgan fingerprint density at radius 3 is 1.00 bits per heavy atom. The Morgan fingerprint density at radius 2 is 0.672 bits per heavy atom. The first-order chi connectivity index (χ1) is 66.3. The summed E-state index contributed by atoms with van der Waals surface area (Å²) < 4.78 is 88.1. The highest BCUT2D eigenvalue weighted by molar-refractivity contribution is 6.22. The van der Waals surface area contributed by atoms with Gasteiger partial charge < -0.3 is 96.8 Å². The van der Waals surface area contributed by atoms with Gasteiger partial charge in [0.15, 0.2) is 0 Å². The number of imide groups is 2. The van der Waals surface area contributed by atoms with Crippen LogP contribution in [0.2, 0.25) is 0 Å². The number of nitriles is 2. The maximum Gasteiger partial charge on any atom is 0.302 e. The molecule has 137 heavy (non-hydrogen) atoms. The molecule has 5 N–H and O–H groups in total. The van der Waals surface area contributed by atoms with Crippen LogP contribution in [0.5, 0.6) is 28.7 Å². The van der Waals surface area contributed by atoms with E-state index in [2.05, 4.69) is 56.2 Å². The predicted octanol–water partition coefficient (Wildman–Crippen LogP) is 11.8. The molecule has 7 aliphatic heterocycles. The second-order valence-corrected chi connectivity index (χ2v) is 32.3. The van der Waals surface area contributed by atoms with Crippen molar-refractivity contribution < 1.29 is 115 Å². The smallest absolute Gasteiger partial charge is 0.302 e. The van der Waals surface area contributed by atoms with Gasteiger partial charge in [-0.05, 0) is 152 Å². The summed E-state index contributed by atoms with van der Waals surface area (Å²) in [5.41, 5.74) is 55.8. The third kappa shape index (κ3) is 27.8. The van der Waals surface area contributed by atoms with Crippen LogP contribution in [-0.2, 0) is 89.9 Å². The van der Waals surface area contributed by atoms with E-state index in [1.807, 2.05) is 141 Å². The second kappa shape index (κ2) is 52.9. The number of hydrogen-bond donors (Lipinski definition) is 4. The number of aliphatic hydroxyl groups excluding tert-OH is 3. The third-order valence-corrected chi connectivity index (χ3v) is 23.8. The quantitative estimate of drug-likeness (QED) is 0.00975. The van der Waals surface area contributed by atoms with E-state index in [9.17, 15) is 50.1 Å². The maximum absolute atomic E-state index is 13.0. The number of nitrogens with two attached hydrogens (primary N) is 1. The van der Waals surface area contributed by atoms with Gasteiger partial charge in [0.05, 0.1) is 241 Å². The van der Waals surface area contributed by atoms with E-state index >= 15 is 0 Å². The van der Waals surface area contributed by atoms with Crippen molar-refractivity contribution in [1.29, 1.82) is 10.5 Å². The molecular formula is C93H108N20O24. The van der Waals surface area contributed by atoms with Gasteiger partial charge in [0, 0.05) is 37.4 Å². The molecule has 14 rings (SSSR count). The first kappa shape index (κ1) is 105. The van der Waals surface area contributed by atoms with Gasteiger partial charge in [-0.1, -0.05) is 131 Å². The normalized spacial score (nSPS) is 26.5. The number of rotatable bonds is 33. The zero-order chi connectivity index (χ0) is 98.6. The van der Waals surface area contributed by atoms with Crippen LogP contribution in [-0.4, -0.2) is 259 Å². The van der Waals surface area contributed by atoms with Crippen LogP contribution in [0.25, 0.3) is 52.2 Å². The van der Waals surface area contributed by atoms with Gasteiger partial charge >= 0.3 is 5.97 Å². The van der Waals surface area contributed by atoms with Crippen LogP contribution >= 0.6 is 0 Å². The number of aliphatic hydroxyl groups is 3. The number of hydrogen-bond acceptors (Lipinski definition) is 32. The van der Waals surface area contributed by atoms with E-state index in [4.69, 9.17) is 109 Å². The molecule has 0 aromatic heterocycles. The molecule has 0 saturated carbocycles. The standard InChI is InChI=1S/C24H24N4O7.C22H22N4O6.C17H22N4O3.C16H20N4O4.C14H20N4O4/c1-14(29)35-22-19(28-23(30)17-5-3-4-6-18(17)24(28)31)12-34-20(21(22)26-27-25)13-33-11-15-7-9-16(32-2)10-8-15;1-30-14-8-6-13(7-9-14)10-31-12-18-19(24-25-23)20(27)17(11-32-18)26-21(28)15-4-2-3-5-16(15)22(26)29;1-11-12(2)17(20-21-19)16(24-15(11)8-18)10-23-9-13-4-6-14(22-3)7-5-13;1-10-13(7-17)24-14(15(16(10)21)19-20-18)9-23-8-11-3-5-12(22-2)6-4-11;1-20-10-4-2-9(3-5-10)6-21-8-12-13(17-18-16)14(19)11(15)7-22-12/h3-10,19-22H,11-13H2,1-2H3;2-9,17-20,27H,10-12H2,1H3;4-7,11-12,15-17H,9-10H2,1-3H3;3-6,10,13-16,21H,8-9H2,1-2H3;2-5,11-14,19H,6-8,15H2,1H3/t19?,20?,21-,22+;17?,18?,19-,20-;11?,12-,15+,16?,17-;10?,13-,14?,15+,16-;11?,12?,13-,14+/m01110/s1. The molecule has 0 aliphatic carbocycles. The SMILES string of the molecule is COc1ccc(COCC2OCC(N)[C@@H](O)[C@H]2N=[N+]=[N-])cc1.COc1ccc(COCC2OCC(N3C(=O)c4ccccc4C3=O)[C@@H](O)[C@@H]2N=[N+]=[N-])cc1.COc1ccc(COCC2OCC(N3C(=O)c4ccccc4C3=O)[C@@H](OC(C)=O)[C@H]2N=[N+]=[N-])cc1.COc1ccc(COCC2O[C@@H](C#N)C(C)[C@@H](C)[C@H]2N=[N+]=[N-])cc1.COc1ccc(COCC2O[C@H](C#N)C(C)[C@@H](O)[C@H]2N=[N+]=[N-])cc1. The molecule has 724 valence electrons. The average molecular weight is 1890 g/mol. The molecule has 4 amide bonds. The predicted molar refractivity (Wildman–Crippen MR) is 486 cm³/mol. The minimum absolute atomic E-state index is 0.00309. The lowest BCUT2D eigenvalue weighted by Crippen LogP contribution is -2.61. The van der Waals surface area contributed by atoms with Crippen molar-refractivity contribution in [3.05, 3.63) is 272 Å². The van der Waals surface area contributed by atoms with Crippen molar-refractivity contribution in [2.75, 3.05) is 88.4 Å². The van der Waals surface area contributed by atoms with Crippen molar-refractivity contribution in [1.82, 2.24) is 9.80 Å². The van der Waals surface area contributed by atoms with Crippen molar-refractivity contribution in [2.45, 2.75) is 176 Å². The summed E-state index contributed by atoms with van der Waals surface area (Å²) >= 11 is 0. The molecule has 22 atom stereocenters. The number of benzene rings is 7. The Labute approximate surface area is 788 Å². The third-order valence-electron chi connectivity index (χ3n) is 23.8. The lowest BCUT2D eigenvalue weighted by molar-refractivity contribution is -0.168. The van der Waals surface area contributed by atoms with Gasteiger partial charge in [-0.25, -0.2) is 0 Å². The van der Waals surface area contributed by atoms with E-state index in [0.29, 0.717) is 19.8 Å². The first-order valence-corrected chi connectivity index (χ1v) is 43.5. The molecule has 0 radical (unpaired) electrons. The molecule has 44 heteroatoms. The molecule has 7 aromatic rings. The van der Waals surface area contributed by atoms with Crippen molar-refractivity contribution in [3.8, 4) is 40.9 Å². The Bertz CT molecular complexity index is 5320. The fourth-order valence-electron chi connectivity index (χ4n) is 16.0. The topological polar surface area (TPSA) is 618 Å². The molecule has 5 fully saturated rings. The van der Waals surface area contributed by atoms with E-state index in [0.717, 1.165) is 66.4 Å². The highest BCUT2D eigenvalue weighted by Crippen LogP contribution is 2.37. The molecule has 0 bridgehead atoms. The number of esters is 1. The zero-order valence-electron chi connectivity index (χ0n) is 76.5. The van der Waals surface area contributed by atoms with Gasteiger partial charge in [-0.3, -0.25) is 33.8 Å². The lowest BCUT2D eigenvalue weighted by Gasteiger charge is -2.42. The van der Waals surface area contributed by atoms with Gasteiger partial charge in [0.25, 0.3) is 23.6 Å². The Morgan fingerprint density at radius 1 is 0.394 bits per heavy atom. The number of azide groups is 5. The van der Waals surface area contributed by atoms with Crippen LogP contribution in [0.1, 0.15) is 96.9 Å². The molecule has 10 unspecified atom stereocenters. The average Bonchev–Trinajstić information content (AvgIpc) is 1.63. The van der Waals surface area contributed by atoms with E-state index in [-0.39, 0.29) is 106 Å². The van der Waals surface area contributed by atoms with Gasteiger partial charge in [0.2, 0.25) is 0 Å². The summed E-state index contributed by atoms with van der Waals surface area (Å²) in [5.74, 6) is 0.681. The van der Waals surface area contributed by atoms with Crippen molar-refractivity contribution in [3.63, 3.8) is 0 Å². The molecule has 7 heterocycles. The fraction of sp³-hybridized carbons (Fsp3) is 0.473. The highest BCUT2D eigenvalue weighted by Gasteiger charge is 2.53. The Kier molecular flexibility index (Phi) is 40.7. The van der Waals surface area contributed by atoms with Crippen LogP contribution in [0, 0.1) is 40.4 Å². The largest absolute Gasteiger partial charge is 0.497 e. The summed E-state index contributed by atoms with van der Waals surface area (Å²) in [5, 5.41) is 68.0. The van der Waals surface area contributed by atoms with E-state index in [1.165, 1.54) is 6.92 Å². The minimum Gasteiger partial charge on any atom is -0.497 e. The van der Waals surface area contributed by atoms with Gasteiger partial charge in [-0.15, -0.1) is 0 Å². The van der Waals surface area contributed by atoms with E-state index in [1.54, 1.807) is 91.0 Å². The molecule has 7 aromatic carbocycles. The molecule has 44 nitrogen and oxygen atoms in total. The van der Waals surface area contributed by atoms with Crippen LogP contribution in [0.4, 0.5) is 0 Å². The molecule has 7 aliphatic rings. The number of ether oxygens (including phenoxy) is 16. The van der Waals surface area contributed by atoms with Gasteiger partial charge in [0.1, 0.15) is 59.1 Å². The summed E-state index contributed by atoms with van der Waals surface area (Å²) in [7, 11) is 7.99. The summed E-state index contributed by atoms with van der Waals surface area (Å²) in [6, 6.07) is 47.8. The zero-order valence-corrected chi connectivity index (χ0v) is 76.5. The first-order valence-electron chi connectivity index (χ1n) is 43.5. The summed E-state index contributed by atoms with van der Waals surface area (Å²) in [4.78, 5) is 79.7. The maximum atomic E-state index is 13.0. The van der Waals surface area contributed by atoms with Crippen molar-refractivity contribution >= 4 is 29.6 Å². The molecule has 0 spiro atoms. The number of fused-ring (bicyclic) bond motifs is 2. The summed E-state index contributed by atoms with van der Waals surface area (Å²) in [6.45, 7) is 9.14. The minimum atomic E-state index is -1.29.